The third-order valence-electron chi connectivity index (χ3n) is 4.13. The van der Waals surface area contributed by atoms with Gasteiger partial charge >= 0.3 is 0 Å². The number of rotatable bonds is 2. The van der Waals surface area contributed by atoms with Crippen LogP contribution >= 0.6 is 27.5 Å². The molecule has 0 amide bonds. The van der Waals surface area contributed by atoms with Crippen LogP contribution in [0.3, 0.4) is 0 Å². The van der Waals surface area contributed by atoms with Crippen LogP contribution in [0.4, 0.5) is 5.82 Å². The molecular weight excluding hydrogens is 378 g/mol. The zero-order valence-corrected chi connectivity index (χ0v) is 15.3. The summed E-state index contributed by atoms with van der Waals surface area (Å²) in [5.41, 5.74) is 3.09. The van der Waals surface area contributed by atoms with Gasteiger partial charge in [-0.3, -0.25) is 4.68 Å². The van der Waals surface area contributed by atoms with Crippen molar-refractivity contribution >= 4 is 43.5 Å². The molecule has 0 saturated carbocycles. The maximum absolute atomic E-state index is 5.55. The Labute approximate surface area is 146 Å². The van der Waals surface area contributed by atoms with E-state index in [0.29, 0.717) is 6.04 Å². The molecule has 6 nitrogen and oxygen atoms in total. The fourth-order valence-electron chi connectivity index (χ4n) is 2.92. The van der Waals surface area contributed by atoms with Gasteiger partial charge in [0.2, 0.25) is 0 Å². The van der Waals surface area contributed by atoms with Gasteiger partial charge in [-0.25, -0.2) is 4.98 Å². The number of hydrogen-bond donors (Lipinski definition) is 0. The molecule has 4 heterocycles. The lowest BCUT2D eigenvalue weighted by atomic mass is 10.1. The molecule has 3 aromatic rings. The Morgan fingerprint density at radius 3 is 3.04 bits per heavy atom. The Balaban J connectivity index is 1.93. The molecule has 0 bridgehead atoms. The summed E-state index contributed by atoms with van der Waals surface area (Å²) < 4.78 is 13.7. The average Bonchev–Trinajstić information content (AvgIpc) is 3.14. The number of aromatic nitrogens is 4. The highest BCUT2D eigenvalue weighted by atomic mass is 79.9. The summed E-state index contributed by atoms with van der Waals surface area (Å²) >= 11 is 4.99. The molecule has 1 atom stereocenters. The molecule has 1 unspecified atom stereocenters. The molecule has 1 fully saturated rings. The van der Waals surface area contributed by atoms with E-state index >= 15 is 0 Å². The van der Waals surface area contributed by atoms with Crippen molar-refractivity contribution in [2.24, 2.45) is 7.05 Å². The van der Waals surface area contributed by atoms with Gasteiger partial charge in [-0.1, -0.05) is 0 Å². The normalized spacial score (nSPS) is 18.7. The number of aryl methyl sites for hydroxylation is 1. The minimum Gasteiger partial charge on any atom is -0.377 e. The van der Waals surface area contributed by atoms with Crippen molar-refractivity contribution in [3.63, 3.8) is 0 Å². The molecule has 8 heteroatoms. The maximum atomic E-state index is 5.55. The first-order valence-electron chi connectivity index (χ1n) is 7.44. The minimum absolute atomic E-state index is 0.304. The Bertz CT molecular complexity index is 861. The molecule has 1 saturated heterocycles. The second-order valence-corrected chi connectivity index (χ2v) is 7.16. The zero-order valence-electron chi connectivity index (χ0n) is 12.9. The van der Waals surface area contributed by atoms with Gasteiger partial charge in [0.1, 0.15) is 15.9 Å². The standard InChI is InChI=1S/C15H16BrN5OS/c1-9-8-22-6-5-21(9)12-7-10(11-3-4-17-20(11)2)14-13(18-12)15(16)19-23-14/h3-4,7,9H,5-6,8H2,1-2H3. The van der Waals surface area contributed by atoms with Crippen molar-refractivity contribution in [1.82, 2.24) is 19.1 Å². The number of pyridine rings is 1. The van der Waals surface area contributed by atoms with Crippen molar-refractivity contribution < 1.29 is 4.74 Å². The van der Waals surface area contributed by atoms with Gasteiger partial charge in [-0.05, 0) is 46.5 Å². The zero-order chi connectivity index (χ0) is 16.0. The summed E-state index contributed by atoms with van der Waals surface area (Å²) in [4.78, 5) is 7.15. The number of anilines is 1. The smallest absolute Gasteiger partial charge is 0.146 e. The van der Waals surface area contributed by atoms with Crippen LogP contribution in [-0.4, -0.2) is 44.9 Å². The lowest BCUT2D eigenvalue weighted by Gasteiger charge is -2.34. The largest absolute Gasteiger partial charge is 0.377 e. The third kappa shape index (κ3) is 2.54. The first-order valence-corrected chi connectivity index (χ1v) is 9.00. The molecule has 4 rings (SSSR count). The molecule has 3 aromatic heterocycles. The fourth-order valence-corrected chi connectivity index (χ4v) is 4.31. The van der Waals surface area contributed by atoms with Gasteiger partial charge in [0.15, 0.2) is 0 Å². The lowest BCUT2D eigenvalue weighted by Crippen LogP contribution is -2.44. The number of fused-ring (bicyclic) bond motifs is 1. The highest BCUT2D eigenvalue weighted by Crippen LogP contribution is 2.37. The number of ether oxygens (including phenoxy) is 1. The predicted octanol–water partition coefficient (Wildman–Crippen LogP) is 3.08. The van der Waals surface area contributed by atoms with E-state index in [2.05, 4.69) is 43.3 Å². The molecule has 1 aliphatic rings. The van der Waals surface area contributed by atoms with Gasteiger partial charge in [-0.2, -0.15) is 9.47 Å². The number of morpholine rings is 1. The van der Waals surface area contributed by atoms with E-state index in [1.807, 2.05) is 24.0 Å². The van der Waals surface area contributed by atoms with Crippen molar-refractivity contribution in [2.45, 2.75) is 13.0 Å². The SMILES string of the molecule is CC1COCCN1c1cc(-c2ccnn2C)c2snc(Br)c2n1. The number of nitrogens with zero attached hydrogens (tertiary/aromatic N) is 5. The Hall–Kier alpha value is -1.51. The van der Waals surface area contributed by atoms with Crippen molar-refractivity contribution in [3.8, 4) is 11.3 Å². The van der Waals surface area contributed by atoms with Crippen LogP contribution in [0, 0.1) is 0 Å². The van der Waals surface area contributed by atoms with Gasteiger partial charge in [0.25, 0.3) is 0 Å². The highest BCUT2D eigenvalue weighted by Gasteiger charge is 2.23. The quantitative estimate of drug-likeness (QED) is 0.669. The Morgan fingerprint density at radius 1 is 1.43 bits per heavy atom. The topological polar surface area (TPSA) is 56.1 Å². The Kier molecular flexibility index (Phi) is 3.82. The van der Waals surface area contributed by atoms with Crippen LogP contribution in [0.15, 0.2) is 22.9 Å². The summed E-state index contributed by atoms with van der Waals surface area (Å²) in [5.74, 6) is 0.963. The first kappa shape index (κ1) is 15.0. The van der Waals surface area contributed by atoms with E-state index in [4.69, 9.17) is 9.72 Å². The van der Waals surface area contributed by atoms with Gasteiger partial charge in [0.05, 0.1) is 29.6 Å². The summed E-state index contributed by atoms with van der Waals surface area (Å²) in [6.45, 7) is 4.47. The summed E-state index contributed by atoms with van der Waals surface area (Å²) in [6.07, 6.45) is 1.81. The number of hydrogen-bond acceptors (Lipinski definition) is 6. The predicted molar refractivity (Wildman–Crippen MR) is 94.9 cm³/mol. The summed E-state index contributed by atoms with van der Waals surface area (Å²) in [6, 6.07) is 4.47. The Morgan fingerprint density at radius 2 is 2.30 bits per heavy atom. The van der Waals surface area contributed by atoms with E-state index in [-0.39, 0.29) is 0 Å². The molecule has 23 heavy (non-hydrogen) atoms. The maximum Gasteiger partial charge on any atom is 0.146 e. The van der Waals surface area contributed by atoms with Crippen LogP contribution in [-0.2, 0) is 11.8 Å². The van der Waals surface area contributed by atoms with Crippen LogP contribution in [0.1, 0.15) is 6.92 Å². The molecule has 120 valence electrons. The molecule has 0 aliphatic carbocycles. The molecule has 1 aliphatic heterocycles. The lowest BCUT2D eigenvalue weighted by molar-refractivity contribution is 0.0986. The molecular formula is C15H16BrN5OS. The van der Waals surface area contributed by atoms with Crippen LogP contribution in [0.2, 0.25) is 0 Å². The van der Waals surface area contributed by atoms with E-state index in [9.17, 15) is 0 Å². The third-order valence-corrected chi connectivity index (χ3v) is 5.79. The minimum atomic E-state index is 0.304. The second kappa shape index (κ2) is 5.85. The van der Waals surface area contributed by atoms with Crippen molar-refractivity contribution in [3.05, 3.63) is 22.9 Å². The van der Waals surface area contributed by atoms with Gasteiger partial charge in [-0.15, -0.1) is 0 Å². The van der Waals surface area contributed by atoms with Crippen molar-refractivity contribution in [1.29, 1.82) is 0 Å². The van der Waals surface area contributed by atoms with Crippen LogP contribution < -0.4 is 4.90 Å². The number of halogens is 1. The van der Waals surface area contributed by atoms with Crippen molar-refractivity contribution in [2.75, 3.05) is 24.7 Å². The van der Waals surface area contributed by atoms with E-state index in [1.54, 1.807) is 0 Å². The van der Waals surface area contributed by atoms with Gasteiger partial charge < -0.3 is 9.64 Å². The monoisotopic (exact) mass is 393 g/mol. The van der Waals surface area contributed by atoms with Crippen LogP contribution in [0.25, 0.3) is 21.5 Å². The highest BCUT2D eigenvalue weighted by molar-refractivity contribution is 9.10. The second-order valence-electron chi connectivity index (χ2n) is 5.64. The van der Waals surface area contributed by atoms with Gasteiger partial charge in [0, 0.05) is 25.4 Å². The summed E-state index contributed by atoms with van der Waals surface area (Å²) in [5, 5.41) is 4.30. The molecule has 0 radical (unpaired) electrons. The molecule has 0 aromatic carbocycles. The fraction of sp³-hybridized carbons (Fsp3) is 0.400. The molecule has 0 N–H and O–H groups in total. The summed E-state index contributed by atoms with van der Waals surface area (Å²) in [7, 11) is 1.95. The van der Waals surface area contributed by atoms with E-state index in [1.165, 1.54) is 11.5 Å². The van der Waals surface area contributed by atoms with Crippen LogP contribution in [0.5, 0.6) is 0 Å². The average molecular weight is 394 g/mol. The first-order chi connectivity index (χ1) is 11.1. The van der Waals surface area contributed by atoms with E-state index in [0.717, 1.165) is 51.7 Å². The molecule has 0 spiro atoms. The van der Waals surface area contributed by atoms with E-state index < -0.39 is 0 Å².